The summed E-state index contributed by atoms with van der Waals surface area (Å²) in [5.74, 6) is -2.24. The van der Waals surface area contributed by atoms with Crippen LogP contribution >= 0.6 is 0 Å². The number of carbonyl (C=O) groups excluding carboxylic acids is 1. The highest BCUT2D eigenvalue weighted by molar-refractivity contribution is 5.77. The van der Waals surface area contributed by atoms with Crippen LogP contribution in [0, 0.1) is 23.1 Å². The molecule has 0 radical (unpaired) electrons. The number of hydrogen-bond donors (Lipinski definition) is 0. The lowest BCUT2D eigenvalue weighted by Gasteiger charge is -2.19. The zero-order chi connectivity index (χ0) is 15.2. The first-order valence-corrected chi connectivity index (χ1v) is 6.52. The van der Waals surface area contributed by atoms with Gasteiger partial charge in [-0.15, -0.1) is 0 Å². The maximum atomic E-state index is 13.1. The third-order valence-corrected chi connectivity index (χ3v) is 3.09. The number of hydrogen-bond acceptors (Lipinski definition) is 4. The standard InChI is InChI=1S/C16H14FNO3/c1-2-20-16(19)13(10-18)15(14-4-3-9-21-14)11-5-7-12(17)8-6-11/h3-9,13,15H,2H2,1H3. The predicted octanol–water partition coefficient (Wildman–Crippen LogP) is 3.25. The van der Waals surface area contributed by atoms with Gasteiger partial charge >= 0.3 is 5.97 Å². The summed E-state index contributed by atoms with van der Waals surface area (Å²) >= 11 is 0. The fraction of sp³-hybridized carbons (Fsp3) is 0.250. The molecule has 0 amide bonds. The number of furan rings is 1. The van der Waals surface area contributed by atoms with Crippen LogP contribution in [0.1, 0.15) is 24.2 Å². The summed E-state index contributed by atoms with van der Waals surface area (Å²) in [6.07, 6.45) is 1.46. The van der Waals surface area contributed by atoms with Crippen LogP contribution in [0.3, 0.4) is 0 Å². The Labute approximate surface area is 121 Å². The quantitative estimate of drug-likeness (QED) is 0.792. The van der Waals surface area contributed by atoms with E-state index in [0.29, 0.717) is 11.3 Å². The van der Waals surface area contributed by atoms with Crippen molar-refractivity contribution >= 4 is 5.97 Å². The van der Waals surface area contributed by atoms with E-state index in [2.05, 4.69) is 0 Å². The molecular formula is C16H14FNO3. The van der Waals surface area contributed by atoms with E-state index in [1.54, 1.807) is 19.1 Å². The summed E-state index contributed by atoms with van der Waals surface area (Å²) in [6, 6.07) is 10.9. The summed E-state index contributed by atoms with van der Waals surface area (Å²) in [6.45, 7) is 1.86. The topological polar surface area (TPSA) is 63.2 Å². The van der Waals surface area contributed by atoms with Gasteiger partial charge in [0.2, 0.25) is 0 Å². The maximum Gasteiger partial charge on any atom is 0.324 e. The Morgan fingerprint density at radius 2 is 2.10 bits per heavy atom. The van der Waals surface area contributed by atoms with E-state index < -0.39 is 17.8 Å². The normalized spacial score (nSPS) is 13.2. The van der Waals surface area contributed by atoms with Crippen molar-refractivity contribution in [2.45, 2.75) is 12.8 Å². The second kappa shape index (κ2) is 6.71. The van der Waals surface area contributed by atoms with Crippen LogP contribution < -0.4 is 0 Å². The summed E-state index contributed by atoms with van der Waals surface area (Å²) < 4.78 is 23.4. The maximum absolute atomic E-state index is 13.1. The second-order valence-corrected chi connectivity index (χ2v) is 4.40. The molecule has 0 aliphatic rings. The van der Waals surface area contributed by atoms with E-state index in [0.717, 1.165) is 0 Å². The molecule has 21 heavy (non-hydrogen) atoms. The largest absolute Gasteiger partial charge is 0.469 e. The molecule has 0 aliphatic heterocycles. The Kier molecular flexibility index (Phi) is 4.72. The van der Waals surface area contributed by atoms with Gasteiger partial charge in [0.15, 0.2) is 5.92 Å². The van der Waals surface area contributed by atoms with Crippen LogP contribution in [0.15, 0.2) is 47.1 Å². The number of nitriles is 1. The molecule has 0 N–H and O–H groups in total. The molecule has 5 heteroatoms. The lowest BCUT2D eigenvalue weighted by Crippen LogP contribution is -2.24. The molecule has 2 aromatic rings. The van der Waals surface area contributed by atoms with Gasteiger partial charge in [0.05, 0.1) is 24.9 Å². The van der Waals surface area contributed by atoms with Gasteiger partial charge in [-0.25, -0.2) is 4.39 Å². The number of carbonyl (C=O) groups is 1. The molecule has 2 atom stereocenters. The van der Waals surface area contributed by atoms with Crippen LogP contribution in [-0.4, -0.2) is 12.6 Å². The van der Waals surface area contributed by atoms with E-state index >= 15 is 0 Å². The smallest absolute Gasteiger partial charge is 0.324 e. The van der Waals surface area contributed by atoms with E-state index in [1.165, 1.54) is 30.5 Å². The van der Waals surface area contributed by atoms with E-state index in [4.69, 9.17) is 9.15 Å². The van der Waals surface area contributed by atoms with Crippen LogP contribution in [0.4, 0.5) is 4.39 Å². The van der Waals surface area contributed by atoms with Gasteiger partial charge in [0.25, 0.3) is 0 Å². The minimum absolute atomic E-state index is 0.186. The summed E-state index contributed by atoms with van der Waals surface area (Å²) in [5.41, 5.74) is 0.617. The molecule has 0 fully saturated rings. The minimum Gasteiger partial charge on any atom is -0.469 e. The Bertz CT molecular complexity index is 629. The van der Waals surface area contributed by atoms with Crippen molar-refractivity contribution in [1.82, 2.24) is 0 Å². The van der Waals surface area contributed by atoms with Crippen molar-refractivity contribution in [1.29, 1.82) is 5.26 Å². The average molecular weight is 287 g/mol. The summed E-state index contributed by atoms with van der Waals surface area (Å²) in [7, 11) is 0. The fourth-order valence-corrected chi connectivity index (χ4v) is 2.15. The summed E-state index contributed by atoms with van der Waals surface area (Å²) in [4.78, 5) is 12.0. The highest BCUT2D eigenvalue weighted by Gasteiger charge is 2.34. The molecule has 4 nitrogen and oxygen atoms in total. The molecule has 0 aliphatic carbocycles. The second-order valence-electron chi connectivity index (χ2n) is 4.40. The molecule has 0 bridgehead atoms. The first-order valence-electron chi connectivity index (χ1n) is 6.52. The zero-order valence-corrected chi connectivity index (χ0v) is 11.5. The Hall–Kier alpha value is -2.61. The van der Waals surface area contributed by atoms with E-state index in [-0.39, 0.29) is 12.4 Å². The van der Waals surface area contributed by atoms with Crippen molar-refractivity contribution < 1.29 is 18.3 Å². The van der Waals surface area contributed by atoms with Gasteiger partial charge in [-0.1, -0.05) is 12.1 Å². The molecule has 2 unspecified atom stereocenters. The lowest BCUT2D eigenvalue weighted by molar-refractivity contribution is -0.146. The monoisotopic (exact) mass is 287 g/mol. The average Bonchev–Trinajstić information content (AvgIpc) is 3.00. The predicted molar refractivity (Wildman–Crippen MR) is 72.7 cm³/mol. The Balaban J connectivity index is 2.43. The van der Waals surface area contributed by atoms with E-state index in [9.17, 15) is 14.4 Å². The van der Waals surface area contributed by atoms with Crippen LogP contribution in [-0.2, 0) is 9.53 Å². The zero-order valence-electron chi connectivity index (χ0n) is 11.5. The molecule has 1 aromatic carbocycles. The van der Waals surface area contributed by atoms with Gasteiger partial charge in [0, 0.05) is 0 Å². The van der Waals surface area contributed by atoms with Gasteiger partial charge < -0.3 is 9.15 Å². The molecular weight excluding hydrogens is 273 g/mol. The molecule has 0 spiro atoms. The van der Waals surface area contributed by atoms with Crippen molar-refractivity contribution in [2.24, 2.45) is 5.92 Å². The number of esters is 1. The van der Waals surface area contributed by atoms with Gasteiger partial charge in [0.1, 0.15) is 11.6 Å². The Morgan fingerprint density at radius 3 is 2.62 bits per heavy atom. The van der Waals surface area contributed by atoms with E-state index in [1.807, 2.05) is 6.07 Å². The molecule has 0 saturated heterocycles. The van der Waals surface area contributed by atoms with Gasteiger partial charge in [-0.2, -0.15) is 5.26 Å². The van der Waals surface area contributed by atoms with Crippen LogP contribution in [0.5, 0.6) is 0 Å². The number of benzene rings is 1. The van der Waals surface area contributed by atoms with Crippen molar-refractivity contribution in [2.75, 3.05) is 6.61 Å². The number of halogens is 1. The van der Waals surface area contributed by atoms with Crippen molar-refractivity contribution in [3.8, 4) is 6.07 Å². The Morgan fingerprint density at radius 1 is 1.38 bits per heavy atom. The number of ether oxygens (including phenoxy) is 1. The molecule has 0 saturated carbocycles. The third kappa shape index (κ3) is 3.29. The van der Waals surface area contributed by atoms with Gasteiger partial charge in [-0.3, -0.25) is 4.79 Å². The molecule has 1 aromatic heterocycles. The number of rotatable bonds is 5. The van der Waals surface area contributed by atoms with Crippen molar-refractivity contribution in [3.63, 3.8) is 0 Å². The third-order valence-electron chi connectivity index (χ3n) is 3.09. The minimum atomic E-state index is -1.05. The van der Waals surface area contributed by atoms with Crippen LogP contribution in [0.2, 0.25) is 0 Å². The first-order chi connectivity index (χ1) is 10.2. The summed E-state index contributed by atoms with van der Waals surface area (Å²) in [5, 5.41) is 9.34. The van der Waals surface area contributed by atoms with Crippen molar-refractivity contribution in [3.05, 3.63) is 59.8 Å². The molecule has 2 rings (SSSR count). The fourth-order valence-electron chi connectivity index (χ4n) is 2.15. The number of nitrogens with zero attached hydrogens (tertiary/aromatic N) is 1. The molecule has 108 valence electrons. The van der Waals surface area contributed by atoms with Crippen LogP contribution in [0.25, 0.3) is 0 Å². The lowest BCUT2D eigenvalue weighted by atomic mass is 9.85. The first kappa shape index (κ1) is 14.8. The molecule has 1 heterocycles. The highest BCUT2D eigenvalue weighted by Crippen LogP contribution is 2.33. The SMILES string of the molecule is CCOC(=O)C(C#N)C(c1ccc(F)cc1)c1ccco1. The highest BCUT2D eigenvalue weighted by atomic mass is 19.1. The van der Waals surface area contributed by atoms with Gasteiger partial charge in [-0.05, 0) is 36.8 Å².